The van der Waals surface area contributed by atoms with Crippen LogP contribution in [0.4, 0.5) is 0 Å². The summed E-state index contributed by atoms with van der Waals surface area (Å²) in [5, 5.41) is 10.6. The topological polar surface area (TPSA) is 162 Å². The highest BCUT2D eigenvalue weighted by atomic mass is 16.7. The third-order valence-electron chi connectivity index (χ3n) is 12.3. The van der Waals surface area contributed by atoms with Crippen molar-refractivity contribution in [2.75, 3.05) is 73.7 Å². The number of carbonyl (C=O) groups is 5. The maximum Gasteiger partial charge on any atom is 0.269 e. The van der Waals surface area contributed by atoms with Crippen LogP contribution in [0, 0.1) is 17.8 Å². The Balaban J connectivity index is 1.43. The Morgan fingerprint density at radius 3 is 2.24 bits per heavy atom. The second-order valence-electron chi connectivity index (χ2n) is 16.6. The molecule has 3 saturated heterocycles. The molecule has 0 bridgehead atoms. The Morgan fingerprint density at radius 2 is 1.64 bits per heavy atom. The number of nitrogens with one attached hydrogen (secondary N) is 3. The lowest BCUT2D eigenvalue weighted by Gasteiger charge is -2.39. The number of ether oxygens (including phenoxy) is 2. The Bertz CT molecular complexity index is 1470. The quantitative estimate of drug-likeness (QED) is 0.178. The summed E-state index contributed by atoms with van der Waals surface area (Å²) in [4.78, 5) is 80.3. The van der Waals surface area contributed by atoms with E-state index in [4.69, 9.17) is 14.3 Å². The molecule has 1 aromatic rings. The van der Waals surface area contributed by atoms with E-state index in [1.165, 1.54) is 5.06 Å². The van der Waals surface area contributed by atoms with Crippen molar-refractivity contribution in [3.05, 3.63) is 35.9 Å². The predicted molar refractivity (Wildman–Crippen MR) is 221 cm³/mol. The summed E-state index contributed by atoms with van der Waals surface area (Å²) in [6.07, 6.45) is 2.88. The molecule has 0 saturated carbocycles. The van der Waals surface area contributed by atoms with Crippen LogP contribution in [0.15, 0.2) is 30.3 Å². The van der Waals surface area contributed by atoms with Gasteiger partial charge in [0.15, 0.2) is 0 Å². The number of amides is 5. The molecule has 0 spiro atoms. The summed E-state index contributed by atoms with van der Waals surface area (Å²) in [5.74, 6) is -1.84. The van der Waals surface area contributed by atoms with E-state index >= 15 is 0 Å². The van der Waals surface area contributed by atoms with E-state index in [2.05, 4.69) is 20.9 Å². The van der Waals surface area contributed by atoms with Gasteiger partial charge in [-0.1, -0.05) is 71.4 Å². The van der Waals surface area contributed by atoms with E-state index in [-0.39, 0.29) is 66.4 Å². The van der Waals surface area contributed by atoms with Crippen molar-refractivity contribution < 1.29 is 38.3 Å². The average molecular weight is 814 g/mol. The first kappa shape index (κ1) is 47.1. The van der Waals surface area contributed by atoms with Crippen molar-refractivity contribution >= 4 is 29.5 Å². The summed E-state index contributed by atoms with van der Waals surface area (Å²) < 4.78 is 12.0. The molecular weight excluding hydrogens is 743 g/mol. The molecule has 326 valence electrons. The van der Waals surface area contributed by atoms with Gasteiger partial charge in [0.2, 0.25) is 23.6 Å². The molecule has 3 aliphatic rings. The molecule has 3 heterocycles. The second kappa shape index (κ2) is 23.2. The molecule has 8 atom stereocenters. The highest BCUT2D eigenvalue weighted by Gasteiger charge is 2.43. The second-order valence-corrected chi connectivity index (χ2v) is 16.6. The molecule has 58 heavy (non-hydrogen) atoms. The smallest absolute Gasteiger partial charge is 0.269 e. The zero-order valence-electron chi connectivity index (χ0n) is 36.2. The van der Waals surface area contributed by atoms with Crippen molar-refractivity contribution in [2.45, 2.75) is 116 Å². The lowest BCUT2D eigenvalue weighted by atomic mass is 9.90. The number of rotatable bonds is 20. The van der Waals surface area contributed by atoms with Gasteiger partial charge in [-0.25, -0.2) is 5.06 Å². The zero-order chi connectivity index (χ0) is 42.4. The van der Waals surface area contributed by atoms with Gasteiger partial charge < -0.3 is 35.2 Å². The maximum atomic E-state index is 14.3. The summed E-state index contributed by atoms with van der Waals surface area (Å²) >= 11 is 0. The number of hydrogen-bond acceptors (Lipinski definition) is 10. The number of methoxy groups -OCH3 is 2. The molecular formula is C43H71N7O8. The lowest BCUT2D eigenvalue weighted by Crippen LogP contribution is -2.57. The molecule has 3 fully saturated rings. The molecule has 0 aromatic heterocycles. The van der Waals surface area contributed by atoms with Crippen LogP contribution in [0.5, 0.6) is 0 Å². The van der Waals surface area contributed by atoms with E-state index in [1.54, 1.807) is 38.0 Å². The summed E-state index contributed by atoms with van der Waals surface area (Å²) in [5.41, 5.74) is 0.910. The SMILES string of the molecule is CC[C@H](C)C(C(CC(=O)N1CCCC1C(OC)C(C)C(=O)NC(Cc1ccccc1)C(=O)N1CCCCO1)OC)N(C)C(=O)CNC(=O)C(C(C)C)N1CCNCC1. The molecule has 3 aliphatic heterocycles. The van der Waals surface area contributed by atoms with Gasteiger partial charge in [-0.3, -0.25) is 33.7 Å². The Morgan fingerprint density at radius 1 is 0.931 bits per heavy atom. The van der Waals surface area contributed by atoms with Crippen molar-refractivity contribution in [1.82, 2.24) is 35.7 Å². The Hall–Kier alpha value is -3.63. The number of hydrogen-bond donors (Lipinski definition) is 3. The summed E-state index contributed by atoms with van der Waals surface area (Å²) in [7, 11) is 4.82. The number of piperazine rings is 1. The van der Waals surface area contributed by atoms with Gasteiger partial charge >= 0.3 is 0 Å². The van der Waals surface area contributed by atoms with Crippen LogP contribution in [-0.2, 0) is 44.7 Å². The van der Waals surface area contributed by atoms with E-state index in [0.717, 1.165) is 57.4 Å². The van der Waals surface area contributed by atoms with Crippen LogP contribution >= 0.6 is 0 Å². The van der Waals surface area contributed by atoms with E-state index in [0.29, 0.717) is 32.5 Å². The molecule has 4 rings (SSSR count). The van der Waals surface area contributed by atoms with Crippen molar-refractivity contribution in [2.24, 2.45) is 17.8 Å². The van der Waals surface area contributed by atoms with E-state index < -0.39 is 30.2 Å². The van der Waals surface area contributed by atoms with Crippen LogP contribution in [0.2, 0.25) is 0 Å². The van der Waals surface area contributed by atoms with Gasteiger partial charge in [-0.2, -0.15) is 0 Å². The summed E-state index contributed by atoms with van der Waals surface area (Å²) in [6.45, 7) is 14.3. The first-order chi connectivity index (χ1) is 27.8. The van der Waals surface area contributed by atoms with Crippen LogP contribution in [-0.4, -0.2) is 159 Å². The Kier molecular flexibility index (Phi) is 18.8. The molecule has 3 N–H and O–H groups in total. The molecule has 15 heteroatoms. The van der Waals surface area contributed by atoms with Crippen LogP contribution < -0.4 is 16.0 Å². The first-order valence-electron chi connectivity index (χ1n) is 21.4. The fourth-order valence-corrected chi connectivity index (χ4v) is 8.87. The molecule has 5 amide bonds. The lowest BCUT2D eigenvalue weighted by molar-refractivity contribution is -0.199. The number of nitrogens with zero attached hydrogens (tertiary/aromatic N) is 4. The average Bonchev–Trinajstić information content (AvgIpc) is 3.72. The molecule has 0 radical (unpaired) electrons. The number of benzene rings is 1. The normalized spacial score (nSPS) is 21.4. The molecule has 15 nitrogen and oxygen atoms in total. The zero-order valence-corrected chi connectivity index (χ0v) is 36.2. The monoisotopic (exact) mass is 814 g/mol. The highest BCUT2D eigenvalue weighted by molar-refractivity contribution is 5.89. The molecule has 0 aliphatic carbocycles. The van der Waals surface area contributed by atoms with Crippen LogP contribution in [0.1, 0.15) is 78.7 Å². The van der Waals surface area contributed by atoms with Crippen molar-refractivity contribution in [3.8, 4) is 0 Å². The van der Waals surface area contributed by atoms with Gasteiger partial charge in [-0.05, 0) is 43.1 Å². The van der Waals surface area contributed by atoms with E-state index in [1.807, 2.05) is 58.0 Å². The summed E-state index contributed by atoms with van der Waals surface area (Å²) in [6, 6.07) is 7.56. The van der Waals surface area contributed by atoms with Crippen LogP contribution in [0.3, 0.4) is 0 Å². The fraction of sp³-hybridized carbons (Fsp3) is 0.744. The minimum absolute atomic E-state index is 0.0154. The number of likely N-dealkylation sites (N-methyl/N-ethyl adjacent to an activating group) is 1. The minimum Gasteiger partial charge on any atom is -0.379 e. The van der Waals surface area contributed by atoms with Gasteiger partial charge in [0.1, 0.15) is 6.04 Å². The van der Waals surface area contributed by atoms with Gasteiger partial charge in [0, 0.05) is 67.0 Å². The number of carbonyl (C=O) groups excluding carboxylic acids is 5. The van der Waals surface area contributed by atoms with Gasteiger partial charge in [0.05, 0.1) is 55.8 Å². The van der Waals surface area contributed by atoms with Crippen LogP contribution in [0.25, 0.3) is 0 Å². The number of hydroxylamine groups is 2. The van der Waals surface area contributed by atoms with Crippen molar-refractivity contribution in [3.63, 3.8) is 0 Å². The first-order valence-corrected chi connectivity index (χ1v) is 21.4. The maximum absolute atomic E-state index is 14.3. The standard InChI is InChI=1S/C43H71N7O8/c1-9-30(4)39(47(6)37(52)28-45-42(54)38(29(2)3)48-23-19-44-20-24-48)35(56-7)27-36(51)49-21-15-18-34(49)40(57-8)31(5)41(53)46-33(26-32-16-11-10-12-17-32)43(55)50-22-13-14-25-58-50/h10-12,16-17,29-31,33-35,38-40,44H,9,13-15,18-28H2,1-8H3,(H,45,54)(H,46,53)/t30-,31?,33?,34?,35?,38?,39?,40?/m0/s1. The molecule has 1 aromatic carbocycles. The fourth-order valence-electron chi connectivity index (χ4n) is 8.87. The predicted octanol–water partition coefficient (Wildman–Crippen LogP) is 2.23. The third kappa shape index (κ3) is 12.4. The van der Waals surface area contributed by atoms with E-state index in [9.17, 15) is 24.0 Å². The van der Waals surface area contributed by atoms with Crippen molar-refractivity contribution in [1.29, 1.82) is 0 Å². The molecule has 7 unspecified atom stereocenters. The largest absolute Gasteiger partial charge is 0.379 e. The number of likely N-dealkylation sites (tertiary alicyclic amines) is 1. The van der Waals surface area contributed by atoms with Gasteiger partial charge in [0.25, 0.3) is 5.91 Å². The Labute approximate surface area is 346 Å². The minimum atomic E-state index is -0.842. The highest BCUT2D eigenvalue weighted by Crippen LogP contribution is 2.29. The third-order valence-corrected chi connectivity index (χ3v) is 12.3. The van der Waals surface area contributed by atoms with Gasteiger partial charge in [-0.15, -0.1) is 0 Å².